The van der Waals surface area contributed by atoms with E-state index in [0.29, 0.717) is 47.2 Å². The second kappa shape index (κ2) is 14.6. The first-order valence-corrected chi connectivity index (χ1v) is 18.0. The number of rotatable bonds is 12. The number of sulfonamides is 1. The van der Waals surface area contributed by atoms with E-state index in [2.05, 4.69) is 25.8 Å². The number of carbonyl (C=O) groups excluding carboxylic acids is 2. The Bertz CT molecular complexity index is 1940. The predicted molar refractivity (Wildman–Crippen MR) is 179 cm³/mol. The normalized spacial score (nSPS) is 13.8. The van der Waals surface area contributed by atoms with Crippen molar-refractivity contribution in [2.24, 2.45) is 0 Å². The molecule has 0 saturated carbocycles. The van der Waals surface area contributed by atoms with Gasteiger partial charge in [-0.15, -0.1) is 10.2 Å². The van der Waals surface area contributed by atoms with Crippen LogP contribution in [0.3, 0.4) is 0 Å². The van der Waals surface area contributed by atoms with E-state index in [4.69, 9.17) is 9.47 Å². The molecule has 1 fully saturated rings. The van der Waals surface area contributed by atoms with E-state index in [-0.39, 0.29) is 36.2 Å². The van der Waals surface area contributed by atoms with Crippen LogP contribution in [-0.2, 0) is 26.1 Å². The van der Waals surface area contributed by atoms with Crippen molar-refractivity contribution in [1.82, 2.24) is 29.4 Å². The molecule has 6 rings (SSSR count). The summed E-state index contributed by atoms with van der Waals surface area (Å²) in [5, 5.41) is 15.3. The molecule has 2 aromatic heterocycles. The second-order valence-electron chi connectivity index (χ2n) is 10.2. The molecule has 0 radical (unpaired) electrons. The number of nitrogens with one attached hydrogen (secondary N) is 2. The number of fused-ring (bicyclic) bond motifs is 1. The molecular formula is C31H31N7O6S3. The zero-order valence-corrected chi connectivity index (χ0v) is 27.7. The molecule has 1 aliphatic heterocycles. The highest BCUT2D eigenvalue weighted by atomic mass is 32.2. The SMILES string of the molecule is CCOc1ccc(-n2c(CNC(=O)c3ccc(S(=O)(=O)N4CCOCC4)cc3)nnc2SCC(=O)Nc2nc3ccccc3s2)cc1. The third kappa shape index (κ3) is 7.63. The highest BCUT2D eigenvalue weighted by Crippen LogP contribution is 2.27. The van der Waals surface area contributed by atoms with E-state index in [1.807, 2.05) is 55.5 Å². The number of morpholine rings is 1. The molecule has 0 aliphatic carbocycles. The van der Waals surface area contributed by atoms with Crippen molar-refractivity contribution < 1.29 is 27.5 Å². The van der Waals surface area contributed by atoms with Gasteiger partial charge in [0, 0.05) is 24.3 Å². The first-order chi connectivity index (χ1) is 22.8. The van der Waals surface area contributed by atoms with Gasteiger partial charge in [-0.3, -0.25) is 14.2 Å². The maximum absolute atomic E-state index is 13.1. The van der Waals surface area contributed by atoms with Crippen LogP contribution in [-0.4, -0.2) is 82.9 Å². The van der Waals surface area contributed by atoms with E-state index in [1.54, 1.807) is 4.57 Å². The summed E-state index contributed by atoms with van der Waals surface area (Å²) in [5.74, 6) is 0.526. The van der Waals surface area contributed by atoms with Crippen molar-refractivity contribution in [2.45, 2.75) is 23.5 Å². The van der Waals surface area contributed by atoms with Crippen molar-refractivity contribution in [2.75, 3.05) is 44.0 Å². The van der Waals surface area contributed by atoms with Crippen LogP contribution in [0.15, 0.2) is 82.8 Å². The van der Waals surface area contributed by atoms with Crippen LogP contribution >= 0.6 is 23.1 Å². The number of anilines is 1. The molecule has 3 aromatic carbocycles. The summed E-state index contributed by atoms with van der Waals surface area (Å²) in [6.07, 6.45) is 0. The monoisotopic (exact) mass is 693 g/mol. The van der Waals surface area contributed by atoms with Gasteiger partial charge in [0.05, 0.1) is 47.2 Å². The minimum atomic E-state index is -3.68. The lowest BCUT2D eigenvalue weighted by Gasteiger charge is -2.26. The first kappa shape index (κ1) is 32.6. The molecule has 2 amide bonds. The molecule has 2 N–H and O–H groups in total. The highest BCUT2D eigenvalue weighted by Gasteiger charge is 2.26. The maximum atomic E-state index is 13.1. The molecule has 47 heavy (non-hydrogen) atoms. The largest absolute Gasteiger partial charge is 0.494 e. The number of para-hydroxylation sites is 1. The standard InChI is InChI=1S/C31H31N7O6S3/c1-2-44-23-11-9-22(10-12-23)38-27(35-36-31(38)45-20-28(39)34-30-33-25-5-3-4-6-26(25)46-30)19-32-29(40)21-7-13-24(14-8-21)47(41,42)37-15-17-43-18-16-37/h3-14H,2,15-20H2,1H3,(H,32,40)(H,33,34,39). The van der Waals surface area contributed by atoms with E-state index >= 15 is 0 Å². The van der Waals surface area contributed by atoms with Crippen LogP contribution in [0.5, 0.6) is 5.75 Å². The molecule has 1 saturated heterocycles. The number of ether oxygens (including phenoxy) is 2. The number of thiazole rings is 1. The lowest BCUT2D eigenvalue weighted by Crippen LogP contribution is -2.40. The Balaban J connectivity index is 1.15. The van der Waals surface area contributed by atoms with Crippen LogP contribution in [0.25, 0.3) is 15.9 Å². The average molecular weight is 694 g/mol. The molecule has 0 unspecified atom stereocenters. The minimum absolute atomic E-state index is 0.0192. The van der Waals surface area contributed by atoms with Crippen LogP contribution in [0.1, 0.15) is 23.1 Å². The molecule has 0 bridgehead atoms. The molecule has 13 nitrogen and oxygen atoms in total. The quantitative estimate of drug-likeness (QED) is 0.183. The Morgan fingerprint density at radius 2 is 1.74 bits per heavy atom. The number of aromatic nitrogens is 4. The van der Waals surface area contributed by atoms with Crippen molar-refractivity contribution in [3.8, 4) is 11.4 Å². The van der Waals surface area contributed by atoms with Gasteiger partial charge in [-0.2, -0.15) is 4.31 Å². The fourth-order valence-electron chi connectivity index (χ4n) is 4.81. The molecule has 5 aromatic rings. The lowest BCUT2D eigenvalue weighted by molar-refractivity contribution is -0.113. The summed E-state index contributed by atoms with van der Waals surface area (Å²) in [6, 6.07) is 20.8. The van der Waals surface area contributed by atoms with Crippen LogP contribution in [0.2, 0.25) is 0 Å². The van der Waals surface area contributed by atoms with Gasteiger partial charge in [-0.1, -0.05) is 35.2 Å². The van der Waals surface area contributed by atoms with Gasteiger partial charge in [0.2, 0.25) is 15.9 Å². The fraction of sp³-hybridized carbons (Fsp3) is 0.258. The van der Waals surface area contributed by atoms with E-state index < -0.39 is 15.9 Å². The summed E-state index contributed by atoms with van der Waals surface area (Å²) < 4.78 is 40.9. The average Bonchev–Trinajstić information content (AvgIpc) is 3.70. The molecule has 0 spiro atoms. The fourth-order valence-corrected chi connectivity index (χ4v) is 7.87. The van der Waals surface area contributed by atoms with Crippen LogP contribution in [0.4, 0.5) is 5.13 Å². The first-order valence-electron chi connectivity index (χ1n) is 14.7. The van der Waals surface area contributed by atoms with Crippen LogP contribution in [0, 0.1) is 0 Å². The molecule has 16 heteroatoms. The molecule has 3 heterocycles. The molecule has 244 valence electrons. The molecule has 1 aliphatic rings. The predicted octanol–water partition coefficient (Wildman–Crippen LogP) is 3.96. The lowest BCUT2D eigenvalue weighted by atomic mass is 10.2. The van der Waals surface area contributed by atoms with Gasteiger partial charge < -0.3 is 20.1 Å². The van der Waals surface area contributed by atoms with E-state index in [9.17, 15) is 18.0 Å². The molecule has 0 atom stereocenters. The number of hydrogen-bond acceptors (Lipinski definition) is 11. The summed E-state index contributed by atoms with van der Waals surface area (Å²) in [4.78, 5) is 30.5. The number of amides is 2. The van der Waals surface area contributed by atoms with E-state index in [0.717, 1.165) is 15.9 Å². The molecular weight excluding hydrogens is 663 g/mol. The topological polar surface area (TPSA) is 158 Å². The third-order valence-electron chi connectivity index (χ3n) is 7.11. The second-order valence-corrected chi connectivity index (χ2v) is 14.1. The Hall–Kier alpha value is -4.35. The van der Waals surface area contributed by atoms with Gasteiger partial charge in [0.1, 0.15) is 5.75 Å². The van der Waals surface area contributed by atoms with Crippen LogP contribution < -0.4 is 15.4 Å². The van der Waals surface area contributed by atoms with Gasteiger partial charge >= 0.3 is 0 Å². The Labute approximate surface area is 279 Å². The summed E-state index contributed by atoms with van der Waals surface area (Å²) in [7, 11) is -3.68. The zero-order chi connectivity index (χ0) is 32.8. The van der Waals surface area contributed by atoms with Gasteiger partial charge in [0.25, 0.3) is 5.91 Å². The smallest absolute Gasteiger partial charge is 0.251 e. The Morgan fingerprint density at radius 1 is 1.00 bits per heavy atom. The Morgan fingerprint density at radius 3 is 2.47 bits per heavy atom. The highest BCUT2D eigenvalue weighted by molar-refractivity contribution is 7.99. The number of benzene rings is 3. The summed E-state index contributed by atoms with van der Waals surface area (Å²) >= 11 is 2.60. The van der Waals surface area contributed by atoms with Gasteiger partial charge in [-0.05, 0) is 67.6 Å². The summed E-state index contributed by atoms with van der Waals surface area (Å²) in [5.41, 5.74) is 1.82. The maximum Gasteiger partial charge on any atom is 0.251 e. The van der Waals surface area contributed by atoms with Crippen molar-refractivity contribution in [3.05, 3.63) is 84.2 Å². The third-order valence-corrected chi connectivity index (χ3v) is 10.9. The number of nitrogens with zero attached hydrogens (tertiary/aromatic N) is 5. The zero-order valence-electron chi connectivity index (χ0n) is 25.3. The van der Waals surface area contributed by atoms with Crippen molar-refractivity contribution in [3.63, 3.8) is 0 Å². The van der Waals surface area contributed by atoms with Gasteiger partial charge in [0.15, 0.2) is 16.1 Å². The van der Waals surface area contributed by atoms with Crippen molar-refractivity contribution in [1.29, 1.82) is 0 Å². The number of carbonyl (C=O) groups is 2. The Kier molecular flexibility index (Phi) is 10.1. The van der Waals surface area contributed by atoms with E-state index in [1.165, 1.54) is 51.7 Å². The van der Waals surface area contributed by atoms with Crippen molar-refractivity contribution >= 4 is 60.3 Å². The number of thioether (sulfide) groups is 1. The number of hydrogen-bond donors (Lipinski definition) is 2. The summed E-state index contributed by atoms with van der Waals surface area (Å²) in [6.45, 7) is 3.71. The minimum Gasteiger partial charge on any atom is -0.494 e. The van der Waals surface area contributed by atoms with Gasteiger partial charge in [-0.25, -0.2) is 13.4 Å².